The third-order valence-corrected chi connectivity index (χ3v) is 3.89. The molecule has 1 saturated heterocycles. The number of hydrogen-bond donors (Lipinski definition) is 2. The van der Waals surface area contributed by atoms with Crippen molar-refractivity contribution in [3.8, 4) is 0 Å². The lowest BCUT2D eigenvalue weighted by Crippen LogP contribution is -2.55. The summed E-state index contributed by atoms with van der Waals surface area (Å²) in [4.78, 5) is 16.8. The standard InChI is InChI=1S/C14H30N4O/c1-4-5-12(2)16-14(19)13(3)18-10-8-17(7-6-15)9-11-18/h12-13H,4-11,15H2,1-3H3,(H,16,19). The highest BCUT2D eigenvalue weighted by Crippen LogP contribution is 2.07. The van der Waals surface area contributed by atoms with Crippen LogP contribution in [0.1, 0.15) is 33.6 Å². The summed E-state index contributed by atoms with van der Waals surface area (Å²) in [5, 5.41) is 3.10. The zero-order valence-electron chi connectivity index (χ0n) is 12.7. The molecule has 0 aromatic rings. The maximum absolute atomic E-state index is 12.1. The highest BCUT2D eigenvalue weighted by Gasteiger charge is 2.25. The molecular formula is C14H30N4O. The van der Waals surface area contributed by atoms with Gasteiger partial charge >= 0.3 is 0 Å². The van der Waals surface area contributed by atoms with E-state index in [9.17, 15) is 4.79 Å². The normalized spacial score (nSPS) is 21.1. The van der Waals surface area contributed by atoms with Gasteiger partial charge in [0.1, 0.15) is 0 Å². The Balaban J connectivity index is 2.33. The molecule has 1 rings (SSSR count). The van der Waals surface area contributed by atoms with E-state index in [0.29, 0.717) is 6.54 Å². The van der Waals surface area contributed by atoms with E-state index in [1.807, 2.05) is 6.92 Å². The lowest BCUT2D eigenvalue weighted by Gasteiger charge is -2.37. The number of nitrogens with zero attached hydrogens (tertiary/aromatic N) is 2. The average molecular weight is 270 g/mol. The van der Waals surface area contributed by atoms with Crippen molar-refractivity contribution in [2.45, 2.75) is 45.7 Å². The molecule has 1 amide bonds. The molecule has 0 aromatic carbocycles. The number of rotatable bonds is 7. The molecule has 112 valence electrons. The predicted molar refractivity (Wildman–Crippen MR) is 79.0 cm³/mol. The summed E-state index contributed by atoms with van der Waals surface area (Å²) in [6.45, 7) is 11.8. The Morgan fingerprint density at radius 1 is 1.26 bits per heavy atom. The van der Waals surface area contributed by atoms with Crippen molar-refractivity contribution >= 4 is 5.91 Å². The largest absolute Gasteiger partial charge is 0.352 e. The first-order chi connectivity index (χ1) is 9.08. The molecule has 0 saturated carbocycles. The summed E-state index contributed by atoms with van der Waals surface area (Å²) in [6, 6.07) is 0.248. The van der Waals surface area contributed by atoms with Gasteiger partial charge in [-0.2, -0.15) is 0 Å². The van der Waals surface area contributed by atoms with Crippen LogP contribution in [0.2, 0.25) is 0 Å². The third kappa shape index (κ3) is 5.47. The number of nitrogens with two attached hydrogens (primary N) is 1. The van der Waals surface area contributed by atoms with Crippen LogP contribution in [-0.2, 0) is 4.79 Å². The van der Waals surface area contributed by atoms with Gasteiger partial charge in [-0.3, -0.25) is 14.6 Å². The summed E-state index contributed by atoms with van der Waals surface area (Å²) in [5.74, 6) is 0.160. The Hall–Kier alpha value is -0.650. The molecule has 1 aliphatic rings. The predicted octanol–water partition coefficient (Wildman–Crippen LogP) is 0.256. The molecular weight excluding hydrogens is 240 g/mol. The van der Waals surface area contributed by atoms with Gasteiger partial charge in [-0.05, 0) is 20.3 Å². The molecule has 0 aliphatic carbocycles. The quantitative estimate of drug-likeness (QED) is 0.696. The van der Waals surface area contributed by atoms with Crippen molar-refractivity contribution in [2.75, 3.05) is 39.3 Å². The maximum Gasteiger partial charge on any atom is 0.237 e. The highest BCUT2D eigenvalue weighted by atomic mass is 16.2. The van der Waals surface area contributed by atoms with E-state index in [0.717, 1.165) is 45.6 Å². The molecule has 0 aromatic heterocycles. The molecule has 3 N–H and O–H groups in total. The molecule has 0 radical (unpaired) electrons. The molecule has 5 heteroatoms. The molecule has 1 fully saturated rings. The zero-order valence-corrected chi connectivity index (χ0v) is 12.7. The minimum absolute atomic E-state index is 0.0284. The van der Waals surface area contributed by atoms with Crippen LogP contribution in [0.3, 0.4) is 0 Å². The second-order valence-electron chi connectivity index (χ2n) is 5.54. The van der Waals surface area contributed by atoms with Gasteiger partial charge in [-0.15, -0.1) is 0 Å². The third-order valence-electron chi connectivity index (χ3n) is 3.89. The van der Waals surface area contributed by atoms with E-state index in [-0.39, 0.29) is 18.0 Å². The minimum atomic E-state index is -0.0284. The van der Waals surface area contributed by atoms with Gasteiger partial charge in [-0.25, -0.2) is 0 Å². The lowest BCUT2D eigenvalue weighted by atomic mass is 10.1. The molecule has 2 unspecified atom stereocenters. The number of hydrogen-bond acceptors (Lipinski definition) is 4. The van der Waals surface area contributed by atoms with E-state index in [1.165, 1.54) is 0 Å². The van der Waals surface area contributed by atoms with Crippen LogP contribution >= 0.6 is 0 Å². The van der Waals surface area contributed by atoms with E-state index >= 15 is 0 Å². The van der Waals surface area contributed by atoms with Crippen LogP contribution < -0.4 is 11.1 Å². The van der Waals surface area contributed by atoms with Crippen LogP contribution in [0.4, 0.5) is 0 Å². The first-order valence-electron chi connectivity index (χ1n) is 7.55. The number of nitrogens with one attached hydrogen (secondary N) is 1. The van der Waals surface area contributed by atoms with Crippen LogP contribution in [0.25, 0.3) is 0 Å². The SMILES string of the molecule is CCCC(C)NC(=O)C(C)N1CCN(CCN)CC1. The number of carbonyl (C=O) groups excluding carboxylic acids is 1. The van der Waals surface area contributed by atoms with Crippen molar-refractivity contribution in [1.29, 1.82) is 0 Å². The van der Waals surface area contributed by atoms with Crippen LogP contribution in [-0.4, -0.2) is 67.1 Å². The van der Waals surface area contributed by atoms with Gasteiger partial charge in [0.2, 0.25) is 5.91 Å². The number of piperazine rings is 1. The zero-order chi connectivity index (χ0) is 14.3. The minimum Gasteiger partial charge on any atom is -0.352 e. The molecule has 0 bridgehead atoms. The van der Waals surface area contributed by atoms with Gasteiger partial charge in [-0.1, -0.05) is 13.3 Å². The van der Waals surface area contributed by atoms with E-state index in [4.69, 9.17) is 5.73 Å². The van der Waals surface area contributed by atoms with Crippen LogP contribution in [0.15, 0.2) is 0 Å². The second-order valence-corrected chi connectivity index (χ2v) is 5.54. The van der Waals surface area contributed by atoms with Gasteiger partial charge in [0.15, 0.2) is 0 Å². The molecule has 5 nitrogen and oxygen atoms in total. The molecule has 1 heterocycles. The van der Waals surface area contributed by atoms with Gasteiger partial charge in [0.05, 0.1) is 6.04 Å². The molecule has 1 aliphatic heterocycles. The van der Waals surface area contributed by atoms with E-state index in [1.54, 1.807) is 0 Å². The Bertz CT molecular complexity index is 264. The summed E-state index contributed by atoms with van der Waals surface area (Å²) < 4.78 is 0. The summed E-state index contributed by atoms with van der Waals surface area (Å²) in [6.07, 6.45) is 2.15. The Labute approximate surface area is 117 Å². The topological polar surface area (TPSA) is 61.6 Å². The Morgan fingerprint density at radius 2 is 1.89 bits per heavy atom. The first-order valence-corrected chi connectivity index (χ1v) is 7.55. The highest BCUT2D eigenvalue weighted by molar-refractivity contribution is 5.81. The first kappa shape index (κ1) is 16.4. The van der Waals surface area contributed by atoms with Gasteiger partial charge in [0.25, 0.3) is 0 Å². The average Bonchev–Trinajstić information content (AvgIpc) is 2.39. The van der Waals surface area contributed by atoms with Crippen molar-refractivity contribution in [3.63, 3.8) is 0 Å². The Morgan fingerprint density at radius 3 is 2.42 bits per heavy atom. The molecule has 0 spiro atoms. The summed E-state index contributed by atoms with van der Waals surface area (Å²) in [5.41, 5.74) is 5.57. The number of carbonyl (C=O) groups is 1. The molecule has 2 atom stereocenters. The number of amides is 1. The van der Waals surface area contributed by atoms with Crippen LogP contribution in [0, 0.1) is 0 Å². The van der Waals surface area contributed by atoms with E-state index < -0.39 is 0 Å². The maximum atomic E-state index is 12.1. The van der Waals surface area contributed by atoms with Crippen molar-refractivity contribution in [3.05, 3.63) is 0 Å². The Kier molecular flexibility index (Phi) is 7.34. The lowest BCUT2D eigenvalue weighted by molar-refractivity contribution is -0.127. The van der Waals surface area contributed by atoms with Gasteiger partial charge in [0, 0.05) is 45.3 Å². The van der Waals surface area contributed by atoms with E-state index in [2.05, 4.69) is 29.0 Å². The van der Waals surface area contributed by atoms with Crippen molar-refractivity contribution < 1.29 is 4.79 Å². The second kappa shape index (κ2) is 8.51. The van der Waals surface area contributed by atoms with Gasteiger partial charge < -0.3 is 11.1 Å². The van der Waals surface area contributed by atoms with Crippen molar-refractivity contribution in [2.24, 2.45) is 5.73 Å². The van der Waals surface area contributed by atoms with Crippen LogP contribution in [0.5, 0.6) is 0 Å². The molecule has 19 heavy (non-hydrogen) atoms. The van der Waals surface area contributed by atoms with Crippen molar-refractivity contribution in [1.82, 2.24) is 15.1 Å². The fourth-order valence-corrected chi connectivity index (χ4v) is 2.59. The fourth-order valence-electron chi connectivity index (χ4n) is 2.59. The fraction of sp³-hybridized carbons (Fsp3) is 0.929. The summed E-state index contributed by atoms with van der Waals surface area (Å²) in [7, 11) is 0. The monoisotopic (exact) mass is 270 g/mol. The smallest absolute Gasteiger partial charge is 0.237 e. The summed E-state index contributed by atoms with van der Waals surface area (Å²) >= 11 is 0.